The van der Waals surface area contributed by atoms with Crippen molar-refractivity contribution in [3.8, 4) is 0 Å². The standard InChI is InChI=1S/C18H28F2N2O2/c1-13(23)22-10-3-2-4-15-12-21(11-7-16(15)22)17(24)14-5-8-18(19,20)9-6-14/h14-16H,2-12H2,1H3/t15-,16-/m1/s1. The Labute approximate surface area is 142 Å². The second-order valence-electron chi connectivity index (χ2n) is 7.74. The Morgan fingerprint density at radius 2 is 1.71 bits per heavy atom. The van der Waals surface area contributed by atoms with Crippen LogP contribution >= 0.6 is 0 Å². The zero-order valence-corrected chi connectivity index (χ0v) is 14.5. The fourth-order valence-electron chi connectivity index (χ4n) is 4.70. The SMILES string of the molecule is CC(=O)N1CCCC[C@@H]2CN(C(=O)C3CCC(F)(F)CC3)CC[C@H]21. The maximum absolute atomic E-state index is 13.3. The first-order valence-corrected chi connectivity index (χ1v) is 9.31. The van der Waals surface area contributed by atoms with E-state index in [0.717, 1.165) is 32.2 Å². The van der Waals surface area contributed by atoms with Gasteiger partial charge in [-0.1, -0.05) is 6.42 Å². The third kappa shape index (κ3) is 3.72. The first-order valence-electron chi connectivity index (χ1n) is 9.31. The van der Waals surface area contributed by atoms with Gasteiger partial charge >= 0.3 is 0 Å². The first kappa shape index (κ1) is 17.6. The molecule has 2 atom stereocenters. The molecule has 0 spiro atoms. The zero-order chi connectivity index (χ0) is 17.3. The van der Waals surface area contributed by atoms with Crippen LogP contribution in [0.15, 0.2) is 0 Å². The minimum absolute atomic E-state index is 0.0579. The molecule has 3 rings (SSSR count). The highest BCUT2D eigenvalue weighted by Crippen LogP contribution is 2.38. The summed E-state index contributed by atoms with van der Waals surface area (Å²) in [5.74, 6) is -2.31. The van der Waals surface area contributed by atoms with Gasteiger partial charge in [0.05, 0.1) is 0 Å². The highest BCUT2D eigenvalue weighted by Gasteiger charge is 2.41. The number of hydrogen-bond acceptors (Lipinski definition) is 2. The van der Waals surface area contributed by atoms with Gasteiger partial charge in [-0.3, -0.25) is 9.59 Å². The minimum atomic E-state index is -2.59. The van der Waals surface area contributed by atoms with Crippen LogP contribution in [0.2, 0.25) is 0 Å². The molecule has 24 heavy (non-hydrogen) atoms. The molecule has 2 saturated heterocycles. The van der Waals surface area contributed by atoms with Crippen molar-refractivity contribution in [1.29, 1.82) is 0 Å². The van der Waals surface area contributed by atoms with Crippen LogP contribution in [0.5, 0.6) is 0 Å². The quantitative estimate of drug-likeness (QED) is 0.735. The lowest BCUT2D eigenvalue weighted by Crippen LogP contribution is -2.54. The van der Waals surface area contributed by atoms with Crippen LogP contribution < -0.4 is 0 Å². The van der Waals surface area contributed by atoms with Gasteiger partial charge in [0.1, 0.15) is 0 Å². The Hall–Kier alpha value is -1.20. The van der Waals surface area contributed by atoms with Crippen LogP contribution in [0.1, 0.15) is 58.3 Å². The largest absolute Gasteiger partial charge is 0.342 e. The van der Waals surface area contributed by atoms with Crippen LogP contribution in [-0.2, 0) is 9.59 Å². The van der Waals surface area contributed by atoms with Crippen LogP contribution in [0.4, 0.5) is 8.78 Å². The van der Waals surface area contributed by atoms with E-state index in [-0.39, 0.29) is 36.6 Å². The number of alkyl halides is 2. The molecule has 0 aromatic rings. The molecule has 0 unspecified atom stereocenters. The van der Waals surface area contributed by atoms with E-state index in [1.165, 1.54) is 0 Å². The van der Waals surface area contributed by atoms with Gasteiger partial charge in [-0.2, -0.15) is 0 Å². The molecule has 1 saturated carbocycles. The predicted molar refractivity (Wildman–Crippen MR) is 86.6 cm³/mol. The maximum atomic E-state index is 13.3. The van der Waals surface area contributed by atoms with Gasteiger partial charge in [0.15, 0.2) is 0 Å². The molecule has 0 N–H and O–H groups in total. The third-order valence-corrected chi connectivity index (χ3v) is 6.10. The number of amides is 2. The van der Waals surface area contributed by atoms with E-state index in [2.05, 4.69) is 0 Å². The van der Waals surface area contributed by atoms with Gasteiger partial charge in [0.2, 0.25) is 17.7 Å². The van der Waals surface area contributed by atoms with Crippen LogP contribution in [0, 0.1) is 11.8 Å². The van der Waals surface area contributed by atoms with Crippen molar-refractivity contribution < 1.29 is 18.4 Å². The predicted octanol–water partition coefficient (Wildman–Crippen LogP) is 3.06. The van der Waals surface area contributed by atoms with Gasteiger partial charge in [0.25, 0.3) is 0 Å². The Balaban J connectivity index is 1.62. The topological polar surface area (TPSA) is 40.6 Å². The van der Waals surface area contributed by atoms with Crippen molar-refractivity contribution >= 4 is 11.8 Å². The molecule has 2 aliphatic heterocycles. The number of fused-ring (bicyclic) bond motifs is 1. The number of carbonyl (C=O) groups is 2. The van der Waals surface area contributed by atoms with Crippen LogP contribution in [0.25, 0.3) is 0 Å². The lowest BCUT2D eigenvalue weighted by Gasteiger charge is -2.43. The second kappa shape index (κ2) is 6.96. The summed E-state index contributed by atoms with van der Waals surface area (Å²) in [6.45, 7) is 3.78. The van der Waals surface area contributed by atoms with E-state index in [1.54, 1.807) is 6.92 Å². The number of likely N-dealkylation sites (tertiary alicyclic amines) is 2. The van der Waals surface area contributed by atoms with E-state index in [1.807, 2.05) is 9.80 Å². The van der Waals surface area contributed by atoms with Crippen molar-refractivity contribution in [2.24, 2.45) is 11.8 Å². The summed E-state index contributed by atoms with van der Waals surface area (Å²) in [7, 11) is 0. The fourth-order valence-corrected chi connectivity index (χ4v) is 4.70. The summed E-state index contributed by atoms with van der Waals surface area (Å²) < 4.78 is 26.6. The molecular formula is C18H28F2N2O2. The second-order valence-corrected chi connectivity index (χ2v) is 7.74. The molecule has 0 aromatic heterocycles. The lowest BCUT2D eigenvalue weighted by atomic mass is 9.83. The number of halogens is 2. The number of hydrogen-bond donors (Lipinski definition) is 0. The van der Waals surface area contributed by atoms with E-state index in [4.69, 9.17) is 0 Å². The summed E-state index contributed by atoms with van der Waals surface area (Å²) in [4.78, 5) is 28.5. The number of nitrogens with zero attached hydrogens (tertiary/aromatic N) is 2. The highest BCUT2D eigenvalue weighted by atomic mass is 19.3. The molecule has 2 amide bonds. The number of rotatable bonds is 1. The Morgan fingerprint density at radius 3 is 2.38 bits per heavy atom. The van der Waals surface area contributed by atoms with Crippen LogP contribution in [-0.4, -0.2) is 53.2 Å². The molecule has 0 bridgehead atoms. The number of piperidine rings is 1. The van der Waals surface area contributed by atoms with Gasteiger partial charge in [0, 0.05) is 51.4 Å². The van der Waals surface area contributed by atoms with Crippen molar-refractivity contribution in [1.82, 2.24) is 9.80 Å². The molecule has 1 aliphatic carbocycles. The molecular weight excluding hydrogens is 314 g/mol. The van der Waals surface area contributed by atoms with Gasteiger partial charge in [-0.15, -0.1) is 0 Å². The monoisotopic (exact) mass is 342 g/mol. The van der Waals surface area contributed by atoms with Crippen molar-refractivity contribution in [2.75, 3.05) is 19.6 Å². The minimum Gasteiger partial charge on any atom is -0.342 e. The van der Waals surface area contributed by atoms with Crippen molar-refractivity contribution in [3.63, 3.8) is 0 Å². The normalized spacial score (nSPS) is 31.3. The summed E-state index contributed by atoms with van der Waals surface area (Å²) in [5, 5.41) is 0. The van der Waals surface area contributed by atoms with E-state index < -0.39 is 5.92 Å². The molecule has 6 heteroatoms. The first-order chi connectivity index (χ1) is 11.4. The third-order valence-electron chi connectivity index (χ3n) is 6.10. The van der Waals surface area contributed by atoms with Gasteiger partial charge < -0.3 is 9.80 Å². The molecule has 136 valence electrons. The highest BCUT2D eigenvalue weighted by molar-refractivity contribution is 5.79. The average molecular weight is 342 g/mol. The molecule has 0 aromatic carbocycles. The van der Waals surface area contributed by atoms with Crippen molar-refractivity contribution in [3.05, 3.63) is 0 Å². The van der Waals surface area contributed by atoms with Gasteiger partial charge in [-0.25, -0.2) is 8.78 Å². The van der Waals surface area contributed by atoms with Crippen molar-refractivity contribution in [2.45, 2.75) is 70.3 Å². The average Bonchev–Trinajstić information content (AvgIpc) is 2.76. The summed E-state index contributed by atoms with van der Waals surface area (Å²) in [5.41, 5.74) is 0. The lowest BCUT2D eigenvalue weighted by molar-refractivity contribution is -0.143. The van der Waals surface area contributed by atoms with E-state index >= 15 is 0 Å². The molecule has 2 heterocycles. The Bertz CT molecular complexity index is 487. The fraction of sp³-hybridized carbons (Fsp3) is 0.889. The summed E-state index contributed by atoms with van der Waals surface area (Å²) in [6, 6.07) is 0.240. The molecule has 4 nitrogen and oxygen atoms in total. The van der Waals surface area contributed by atoms with Crippen LogP contribution in [0.3, 0.4) is 0 Å². The Kier molecular flexibility index (Phi) is 5.11. The van der Waals surface area contributed by atoms with E-state index in [0.29, 0.717) is 31.8 Å². The maximum Gasteiger partial charge on any atom is 0.248 e. The summed E-state index contributed by atoms with van der Waals surface area (Å²) in [6.07, 6.45) is 4.25. The number of carbonyl (C=O) groups excluding carboxylic acids is 2. The Morgan fingerprint density at radius 1 is 1.00 bits per heavy atom. The molecule has 3 fully saturated rings. The molecule has 0 radical (unpaired) electrons. The van der Waals surface area contributed by atoms with E-state index in [9.17, 15) is 18.4 Å². The molecule has 3 aliphatic rings. The van der Waals surface area contributed by atoms with Gasteiger partial charge in [-0.05, 0) is 38.0 Å². The zero-order valence-electron chi connectivity index (χ0n) is 14.5. The smallest absolute Gasteiger partial charge is 0.248 e. The summed E-state index contributed by atoms with van der Waals surface area (Å²) >= 11 is 0.